The molecule has 4 rings (SSSR count). The van der Waals surface area contributed by atoms with Gasteiger partial charge in [-0.15, -0.1) is 11.3 Å². The van der Waals surface area contributed by atoms with Crippen molar-refractivity contribution >= 4 is 38.9 Å². The van der Waals surface area contributed by atoms with Crippen LogP contribution in [0.3, 0.4) is 0 Å². The third-order valence-electron chi connectivity index (χ3n) is 6.74. The molecule has 1 N–H and O–H groups in total. The Balaban J connectivity index is 1.77. The maximum atomic E-state index is 14.5. The van der Waals surface area contributed by atoms with Crippen molar-refractivity contribution in [3.63, 3.8) is 0 Å². The van der Waals surface area contributed by atoms with Gasteiger partial charge in [0.1, 0.15) is 21.4 Å². The van der Waals surface area contributed by atoms with E-state index in [1.165, 1.54) is 4.90 Å². The van der Waals surface area contributed by atoms with Crippen molar-refractivity contribution in [1.82, 2.24) is 4.31 Å². The number of hydrogen-bond acceptors (Lipinski definition) is 5. The molecule has 2 heterocycles. The molecule has 204 valence electrons. The average Bonchev–Trinajstić information content (AvgIpc) is 3.26. The number of sulfonamides is 1. The van der Waals surface area contributed by atoms with Crippen LogP contribution >= 0.6 is 11.3 Å². The van der Waals surface area contributed by atoms with Gasteiger partial charge in [0.2, 0.25) is 15.9 Å². The highest BCUT2D eigenvalue weighted by Crippen LogP contribution is 2.39. The summed E-state index contributed by atoms with van der Waals surface area (Å²) in [6, 6.07) is 3.15. The van der Waals surface area contributed by atoms with Crippen LogP contribution in [0.5, 0.6) is 0 Å². The summed E-state index contributed by atoms with van der Waals surface area (Å²) in [6.07, 6.45) is 4.32. The molecule has 1 saturated carbocycles. The van der Waals surface area contributed by atoms with Gasteiger partial charge in [-0.1, -0.05) is 31.1 Å². The van der Waals surface area contributed by atoms with Gasteiger partial charge in [0.25, 0.3) is 0 Å². The molecule has 1 saturated heterocycles. The molecule has 2 aromatic rings. The number of halogens is 2. The number of benzene rings is 1. The number of rotatable bonds is 5. The second-order valence-electron chi connectivity index (χ2n) is 10.7. The van der Waals surface area contributed by atoms with Gasteiger partial charge in [-0.05, 0) is 57.7 Å². The lowest BCUT2D eigenvalue weighted by Crippen LogP contribution is -2.60. The van der Waals surface area contributed by atoms with E-state index in [4.69, 9.17) is 0 Å². The summed E-state index contributed by atoms with van der Waals surface area (Å²) in [5, 5.41) is 9.95. The molecule has 11 heteroatoms. The number of carboxylic acid groups (broad SMARTS) is 1. The number of nitrogens with zero attached hydrogens (tertiary/aromatic N) is 2. The lowest BCUT2D eigenvalue weighted by Gasteiger charge is -2.44. The van der Waals surface area contributed by atoms with Crippen LogP contribution in [-0.2, 0) is 14.8 Å². The van der Waals surface area contributed by atoms with E-state index in [1.54, 1.807) is 6.07 Å². The lowest BCUT2D eigenvalue weighted by molar-refractivity contribution is -0.121. The molecule has 0 spiro atoms. The molecule has 1 aliphatic carbocycles. The minimum Gasteiger partial charge on any atom is -0.477 e. The number of thiophene rings is 1. The zero-order valence-corrected chi connectivity index (χ0v) is 23.1. The summed E-state index contributed by atoms with van der Waals surface area (Å²) in [4.78, 5) is 27.0. The van der Waals surface area contributed by atoms with Crippen LogP contribution in [-0.4, -0.2) is 48.8 Å². The fourth-order valence-electron chi connectivity index (χ4n) is 4.99. The summed E-state index contributed by atoms with van der Waals surface area (Å²) >= 11 is 0.975. The molecule has 7 nitrogen and oxygen atoms in total. The fourth-order valence-corrected chi connectivity index (χ4v) is 7.28. The Labute approximate surface area is 225 Å². The van der Waals surface area contributed by atoms with Gasteiger partial charge in [0.05, 0.1) is 23.2 Å². The van der Waals surface area contributed by atoms with Gasteiger partial charge >= 0.3 is 5.97 Å². The highest BCUT2D eigenvalue weighted by atomic mass is 32.2. The highest BCUT2D eigenvalue weighted by molar-refractivity contribution is 7.89. The molecule has 0 bridgehead atoms. The van der Waals surface area contributed by atoms with Crippen molar-refractivity contribution in [3.05, 3.63) is 45.7 Å². The molecule has 0 unspecified atom stereocenters. The predicted octanol–water partition coefficient (Wildman–Crippen LogP) is 5.11. The van der Waals surface area contributed by atoms with Crippen LogP contribution in [0, 0.1) is 34.8 Å². The number of carboxylic acids is 1. The van der Waals surface area contributed by atoms with Gasteiger partial charge in [-0.25, -0.2) is 22.0 Å². The standard InChI is InChI=1S/C27H30F2N2O5S2/c1-27(2,3)12-11-19-14-21(25(37-19)26(33)34)31-22(17-7-5-4-6-8-17)15-30(16-24(31)32)38(35,36)23-10-9-18(28)13-20(23)29/h9-10,13-14,17,22H,4-8,15-16H2,1-3H3,(H,33,34)/t22-/m0/s1. The van der Waals surface area contributed by atoms with Crippen LogP contribution < -0.4 is 4.90 Å². The van der Waals surface area contributed by atoms with Crippen LogP contribution in [0.25, 0.3) is 0 Å². The number of hydrogen-bond donors (Lipinski definition) is 1. The van der Waals surface area contributed by atoms with E-state index < -0.39 is 51.0 Å². The molecule has 1 aliphatic heterocycles. The summed E-state index contributed by atoms with van der Waals surface area (Å²) in [5.41, 5.74) is -0.116. The van der Waals surface area contributed by atoms with Crippen LogP contribution in [0.2, 0.25) is 0 Å². The SMILES string of the molecule is CC(C)(C)C#Cc1cc(N2C(=O)CN(S(=O)(=O)c3ccc(F)cc3F)C[C@H]2C2CCCCC2)c(C(=O)O)s1. The number of amides is 1. The number of aromatic carboxylic acids is 1. The van der Waals surface area contributed by atoms with Gasteiger partial charge in [0, 0.05) is 18.0 Å². The molecule has 2 aliphatic rings. The van der Waals surface area contributed by atoms with Crippen molar-refractivity contribution in [2.24, 2.45) is 11.3 Å². The minimum atomic E-state index is -4.46. The first-order valence-corrected chi connectivity index (χ1v) is 14.7. The van der Waals surface area contributed by atoms with Crippen LogP contribution in [0.1, 0.15) is 67.4 Å². The van der Waals surface area contributed by atoms with E-state index in [9.17, 15) is 31.9 Å². The minimum absolute atomic E-state index is 0.0433. The van der Waals surface area contributed by atoms with E-state index in [0.717, 1.165) is 59.9 Å². The van der Waals surface area contributed by atoms with E-state index in [2.05, 4.69) is 11.8 Å². The second kappa shape index (κ2) is 10.8. The van der Waals surface area contributed by atoms with Crippen molar-refractivity contribution in [2.45, 2.75) is 63.8 Å². The Morgan fingerprint density at radius 2 is 1.82 bits per heavy atom. The molecular formula is C27H30F2N2O5S2. The second-order valence-corrected chi connectivity index (χ2v) is 13.7. The quantitative estimate of drug-likeness (QED) is 0.510. The third-order valence-corrected chi connectivity index (χ3v) is 9.61. The molecule has 1 aromatic carbocycles. The average molecular weight is 565 g/mol. The van der Waals surface area contributed by atoms with E-state index in [0.29, 0.717) is 10.9 Å². The van der Waals surface area contributed by atoms with Crippen molar-refractivity contribution in [3.8, 4) is 11.8 Å². The Morgan fingerprint density at radius 1 is 1.13 bits per heavy atom. The summed E-state index contributed by atoms with van der Waals surface area (Å²) in [7, 11) is -4.46. The maximum absolute atomic E-state index is 14.5. The predicted molar refractivity (Wildman–Crippen MR) is 141 cm³/mol. The fraction of sp³-hybridized carbons (Fsp3) is 0.481. The molecular weight excluding hydrogens is 534 g/mol. The van der Waals surface area contributed by atoms with E-state index in [1.807, 2.05) is 20.8 Å². The summed E-state index contributed by atoms with van der Waals surface area (Å²) in [5.74, 6) is 2.05. The van der Waals surface area contributed by atoms with Gasteiger partial charge in [-0.2, -0.15) is 4.31 Å². The number of anilines is 1. The Bertz CT molecular complexity index is 1410. The molecule has 1 amide bonds. The van der Waals surface area contributed by atoms with Gasteiger partial charge in [0.15, 0.2) is 0 Å². The Morgan fingerprint density at radius 3 is 2.42 bits per heavy atom. The zero-order valence-electron chi connectivity index (χ0n) is 21.5. The molecule has 2 fully saturated rings. The van der Waals surface area contributed by atoms with Crippen molar-refractivity contribution in [1.29, 1.82) is 0 Å². The lowest BCUT2D eigenvalue weighted by atomic mass is 9.82. The van der Waals surface area contributed by atoms with Crippen molar-refractivity contribution < 1.29 is 31.9 Å². The van der Waals surface area contributed by atoms with Crippen molar-refractivity contribution in [2.75, 3.05) is 18.0 Å². The number of carbonyl (C=O) groups excluding carboxylic acids is 1. The molecule has 38 heavy (non-hydrogen) atoms. The van der Waals surface area contributed by atoms with Gasteiger partial charge < -0.3 is 10.0 Å². The van der Waals surface area contributed by atoms with Crippen LogP contribution in [0.15, 0.2) is 29.2 Å². The molecule has 1 atom stereocenters. The largest absolute Gasteiger partial charge is 0.477 e. The summed E-state index contributed by atoms with van der Waals surface area (Å²) in [6.45, 7) is 5.06. The summed E-state index contributed by atoms with van der Waals surface area (Å²) < 4.78 is 55.6. The molecule has 0 radical (unpaired) electrons. The monoisotopic (exact) mass is 564 g/mol. The Hall–Kier alpha value is -2.81. The number of piperazine rings is 1. The smallest absolute Gasteiger partial charge is 0.348 e. The first kappa shape index (κ1) is 28.2. The number of carbonyl (C=O) groups is 2. The highest BCUT2D eigenvalue weighted by Gasteiger charge is 2.44. The topological polar surface area (TPSA) is 95.0 Å². The first-order chi connectivity index (χ1) is 17.8. The normalized spacial score (nSPS) is 19.8. The van der Waals surface area contributed by atoms with Crippen LogP contribution in [0.4, 0.5) is 14.5 Å². The first-order valence-electron chi connectivity index (χ1n) is 12.5. The molecule has 1 aromatic heterocycles. The zero-order chi connectivity index (χ0) is 27.8. The van der Waals surface area contributed by atoms with E-state index >= 15 is 0 Å². The Kier molecular flexibility index (Phi) is 7.98. The van der Waals surface area contributed by atoms with Gasteiger partial charge in [-0.3, -0.25) is 4.79 Å². The van der Waals surface area contributed by atoms with E-state index in [-0.39, 0.29) is 28.4 Å². The third kappa shape index (κ3) is 5.92. The maximum Gasteiger partial charge on any atom is 0.348 e.